The van der Waals surface area contributed by atoms with Gasteiger partial charge in [-0.05, 0) is 6.92 Å². The van der Waals surface area contributed by atoms with Crippen molar-refractivity contribution in [3.8, 4) is 0 Å². The third-order valence-electron chi connectivity index (χ3n) is 3.65. The van der Waals surface area contributed by atoms with Crippen LogP contribution in [0.2, 0.25) is 0 Å². The molecule has 0 amide bonds. The van der Waals surface area contributed by atoms with E-state index in [0.717, 1.165) is 0 Å². The van der Waals surface area contributed by atoms with Gasteiger partial charge in [0.15, 0.2) is 17.7 Å². The normalized spacial score (nSPS) is 32.9. The molecule has 1 aliphatic rings. The van der Waals surface area contributed by atoms with Gasteiger partial charge in [-0.3, -0.25) is 4.57 Å². The molecule has 7 N–H and O–H groups in total. The van der Waals surface area contributed by atoms with Crippen molar-refractivity contribution in [2.24, 2.45) is 0 Å². The zero-order valence-electron chi connectivity index (χ0n) is 11.2. The van der Waals surface area contributed by atoms with Crippen molar-refractivity contribution in [3.05, 3.63) is 6.33 Å². The highest BCUT2D eigenvalue weighted by Gasteiger charge is 2.53. The first-order valence-corrected chi connectivity index (χ1v) is 6.28. The van der Waals surface area contributed by atoms with E-state index in [9.17, 15) is 15.3 Å². The summed E-state index contributed by atoms with van der Waals surface area (Å²) in [6, 6.07) is 0. The second-order valence-electron chi connectivity index (χ2n) is 5.17. The van der Waals surface area contributed by atoms with Crippen molar-refractivity contribution in [2.45, 2.75) is 31.0 Å². The molecule has 4 atom stereocenters. The smallest absolute Gasteiger partial charge is 0.224 e. The van der Waals surface area contributed by atoms with Crippen LogP contribution in [0.1, 0.15) is 13.2 Å². The van der Waals surface area contributed by atoms with Gasteiger partial charge < -0.3 is 31.5 Å². The van der Waals surface area contributed by atoms with Crippen LogP contribution < -0.4 is 11.5 Å². The van der Waals surface area contributed by atoms with E-state index in [1.165, 1.54) is 17.8 Å². The SMILES string of the molecule is C[C@@]1(O)C(O)C(CO)OC1n1cnc2c(N)nc(N)nc21. The van der Waals surface area contributed by atoms with E-state index in [1.54, 1.807) is 0 Å². The first kappa shape index (κ1) is 13.9. The van der Waals surface area contributed by atoms with Gasteiger partial charge in [0.1, 0.15) is 23.3 Å². The van der Waals surface area contributed by atoms with Crippen LogP contribution in [-0.4, -0.2) is 59.3 Å². The van der Waals surface area contributed by atoms with Gasteiger partial charge >= 0.3 is 0 Å². The van der Waals surface area contributed by atoms with Crippen LogP contribution in [0.4, 0.5) is 11.8 Å². The van der Waals surface area contributed by atoms with Crippen molar-refractivity contribution in [3.63, 3.8) is 0 Å². The second-order valence-corrected chi connectivity index (χ2v) is 5.17. The van der Waals surface area contributed by atoms with Crippen molar-refractivity contribution in [2.75, 3.05) is 18.1 Å². The van der Waals surface area contributed by atoms with Gasteiger partial charge in [0, 0.05) is 0 Å². The molecule has 3 unspecified atom stereocenters. The third kappa shape index (κ3) is 1.92. The lowest BCUT2D eigenvalue weighted by molar-refractivity contribution is -0.0950. The van der Waals surface area contributed by atoms with Gasteiger partial charge in [-0.25, -0.2) is 4.98 Å². The number of rotatable bonds is 2. The van der Waals surface area contributed by atoms with E-state index in [4.69, 9.17) is 16.2 Å². The highest BCUT2D eigenvalue weighted by Crippen LogP contribution is 2.39. The Hall–Kier alpha value is -2.01. The molecule has 21 heavy (non-hydrogen) atoms. The number of fused-ring (bicyclic) bond motifs is 1. The molecular weight excluding hydrogens is 280 g/mol. The molecule has 1 saturated heterocycles. The number of aliphatic hydroxyl groups is 3. The van der Waals surface area contributed by atoms with Crippen molar-refractivity contribution < 1.29 is 20.1 Å². The fourth-order valence-electron chi connectivity index (χ4n) is 2.52. The summed E-state index contributed by atoms with van der Waals surface area (Å²) >= 11 is 0. The predicted octanol–water partition coefficient (Wildman–Crippen LogP) is -2.01. The molecule has 2 aromatic rings. The Morgan fingerprint density at radius 2 is 2.14 bits per heavy atom. The molecule has 0 radical (unpaired) electrons. The molecule has 10 heteroatoms. The average Bonchev–Trinajstić information content (AvgIpc) is 2.91. The van der Waals surface area contributed by atoms with Gasteiger partial charge in [0.25, 0.3) is 0 Å². The molecule has 0 spiro atoms. The number of aromatic nitrogens is 4. The van der Waals surface area contributed by atoms with Crippen LogP contribution in [0.5, 0.6) is 0 Å². The minimum atomic E-state index is -1.64. The largest absolute Gasteiger partial charge is 0.394 e. The van der Waals surface area contributed by atoms with E-state index in [2.05, 4.69) is 15.0 Å². The molecule has 0 aliphatic carbocycles. The monoisotopic (exact) mass is 296 g/mol. The molecule has 0 bridgehead atoms. The van der Waals surface area contributed by atoms with Crippen molar-refractivity contribution in [1.82, 2.24) is 19.5 Å². The number of imidazole rings is 1. The van der Waals surface area contributed by atoms with Crippen molar-refractivity contribution in [1.29, 1.82) is 0 Å². The maximum atomic E-state index is 10.5. The number of hydrogen-bond donors (Lipinski definition) is 5. The Morgan fingerprint density at radius 1 is 1.43 bits per heavy atom. The Morgan fingerprint density at radius 3 is 2.76 bits per heavy atom. The number of ether oxygens (including phenoxy) is 1. The Balaban J connectivity index is 2.13. The van der Waals surface area contributed by atoms with E-state index < -0.39 is 30.6 Å². The number of anilines is 2. The standard InChI is InChI=1S/C11H16N6O4/c1-11(20)6(19)4(2-18)21-9(11)17-3-14-5-7(12)15-10(13)16-8(5)17/h3-4,6,9,18-20H,2H2,1H3,(H4,12,13,15,16)/t4?,6?,9?,11-/m1/s1. The Bertz CT molecular complexity index is 687. The number of hydrogen-bond acceptors (Lipinski definition) is 9. The zero-order chi connectivity index (χ0) is 15.4. The molecule has 10 nitrogen and oxygen atoms in total. The lowest BCUT2D eigenvalue weighted by Gasteiger charge is -2.27. The minimum Gasteiger partial charge on any atom is -0.394 e. The lowest BCUT2D eigenvalue weighted by Crippen LogP contribution is -2.44. The minimum absolute atomic E-state index is 0.0429. The highest BCUT2D eigenvalue weighted by molar-refractivity contribution is 5.82. The zero-order valence-corrected chi connectivity index (χ0v) is 11.2. The number of nitrogens with zero attached hydrogens (tertiary/aromatic N) is 4. The van der Waals surface area contributed by atoms with Crippen LogP contribution in [0.3, 0.4) is 0 Å². The van der Waals surface area contributed by atoms with Crippen LogP contribution in [0, 0.1) is 0 Å². The Labute approximate surface area is 119 Å². The summed E-state index contributed by atoms with van der Waals surface area (Å²) in [5, 5.41) is 29.7. The molecule has 3 heterocycles. The predicted molar refractivity (Wildman–Crippen MR) is 71.8 cm³/mol. The van der Waals surface area contributed by atoms with E-state index in [1.807, 2.05) is 0 Å². The number of aliphatic hydroxyl groups excluding tert-OH is 2. The fraction of sp³-hybridized carbons (Fsp3) is 0.545. The molecule has 1 fully saturated rings. The van der Waals surface area contributed by atoms with Gasteiger partial charge in [0.2, 0.25) is 5.95 Å². The summed E-state index contributed by atoms with van der Waals surface area (Å²) in [7, 11) is 0. The molecule has 114 valence electrons. The summed E-state index contributed by atoms with van der Waals surface area (Å²) in [6.45, 7) is 0.970. The van der Waals surface area contributed by atoms with E-state index in [0.29, 0.717) is 5.52 Å². The summed E-state index contributed by atoms with van der Waals surface area (Å²) in [4.78, 5) is 11.9. The summed E-state index contributed by atoms with van der Waals surface area (Å²) in [5.74, 6) is 0.0618. The van der Waals surface area contributed by atoms with E-state index >= 15 is 0 Å². The average molecular weight is 296 g/mol. The number of nitrogen functional groups attached to an aromatic ring is 2. The summed E-state index contributed by atoms with van der Waals surface area (Å²) in [6.07, 6.45) is -1.82. The first-order chi connectivity index (χ1) is 9.86. The maximum absolute atomic E-state index is 10.5. The highest BCUT2D eigenvalue weighted by atomic mass is 16.6. The molecular formula is C11H16N6O4. The molecule has 1 aliphatic heterocycles. The van der Waals surface area contributed by atoms with Gasteiger partial charge in [-0.2, -0.15) is 9.97 Å². The third-order valence-corrected chi connectivity index (χ3v) is 3.65. The van der Waals surface area contributed by atoms with Crippen LogP contribution in [-0.2, 0) is 4.74 Å². The first-order valence-electron chi connectivity index (χ1n) is 6.28. The van der Waals surface area contributed by atoms with Crippen LogP contribution in [0.15, 0.2) is 6.33 Å². The summed E-state index contributed by atoms with van der Waals surface area (Å²) < 4.78 is 6.91. The molecule has 2 aromatic heterocycles. The quantitative estimate of drug-likeness (QED) is 0.421. The lowest BCUT2D eigenvalue weighted by atomic mass is 9.96. The van der Waals surface area contributed by atoms with E-state index in [-0.39, 0.29) is 17.4 Å². The molecule has 0 aromatic carbocycles. The maximum Gasteiger partial charge on any atom is 0.224 e. The van der Waals surface area contributed by atoms with Crippen LogP contribution in [0.25, 0.3) is 11.2 Å². The van der Waals surface area contributed by atoms with Crippen molar-refractivity contribution >= 4 is 22.9 Å². The Kier molecular flexibility index (Phi) is 2.99. The fourth-order valence-corrected chi connectivity index (χ4v) is 2.52. The van der Waals surface area contributed by atoms with Gasteiger partial charge in [0.05, 0.1) is 12.9 Å². The topological polar surface area (TPSA) is 166 Å². The number of nitrogens with two attached hydrogens (primary N) is 2. The van der Waals surface area contributed by atoms with Crippen LogP contribution >= 0.6 is 0 Å². The summed E-state index contributed by atoms with van der Waals surface area (Å²) in [5.41, 5.74) is 10.2. The molecule has 0 saturated carbocycles. The molecule has 3 rings (SSSR count). The van der Waals surface area contributed by atoms with Gasteiger partial charge in [-0.15, -0.1) is 0 Å². The second kappa shape index (κ2) is 4.49. The van der Waals surface area contributed by atoms with Gasteiger partial charge in [-0.1, -0.05) is 0 Å².